The van der Waals surface area contributed by atoms with Crippen molar-refractivity contribution in [3.05, 3.63) is 71.0 Å². The van der Waals surface area contributed by atoms with E-state index in [0.29, 0.717) is 18.0 Å². The maximum atomic E-state index is 13.0. The van der Waals surface area contributed by atoms with Crippen LogP contribution < -0.4 is 10.5 Å². The average Bonchev–Trinajstić information content (AvgIpc) is 2.80. The fourth-order valence-corrected chi connectivity index (χ4v) is 4.16. The van der Waals surface area contributed by atoms with Crippen LogP contribution in [0.25, 0.3) is 11.1 Å². The molecule has 1 atom stereocenters. The molecule has 0 saturated carbocycles. The van der Waals surface area contributed by atoms with Gasteiger partial charge in [0.15, 0.2) is 0 Å². The second kappa shape index (κ2) is 9.35. The fourth-order valence-electron chi connectivity index (χ4n) is 4.03. The van der Waals surface area contributed by atoms with E-state index in [9.17, 15) is 4.79 Å². The molecule has 31 heavy (non-hydrogen) atoms. The molecule has 2 N–H and O–H groups in total. The Kier molecular flexibility index (Phi) is 6.37. The van der Waals surface area contributed by atoms with Gasteiger partial charge in [-0.15, -0.1) is 0 Å². The van der Waals surface area contributed by atoms with Gasteiger partial charge in [0.25, 0.3) is 0 Å². The summed E-state index contributed by atoms with van der Waals surface area (Å²) >= 11 is 6.05. The number of nitrogens with two attached hydrogens (primary N) is 1. The normalized spacial score (nSPS) is 16.2. The zero-order valence-corrected chi connectivity index (χ0v) is 18.2. The van der Waals surface area contributed by atoms with E-state index in [0.717, 1.165) is 47.5 Å². The van der Waals surface area contributed by atoms with E-state index < -0.39 is 0 Å². The van der Waals surface area contributed by atoms with Crippen molar-refractivity contribution >= 4 is 23.5 Å². The third kappa shape index (κ3) is 4.97. The number of nitrogen functional groups attached to an aromatic ring is 1. The minimum absolute atomic E-state index is 0.101. The van der Waals surface area contributed by atoms with Gasteiger partial charge < -0.3 is 15.4 Å². The number of anilines is 1. The molecule has 6 nitrogen and oxygen atoms in total. The van der Waals surface area contributed by atoms with Crippen LogP contribution in [-0.4, -0.2) is 41.0 Å². The number of benzene rings is 2. The van der Waals surface area contributed by atoms with Gasteiger partial charge in [-0.05, 0) is 48.2 Å². The highest BCUT2D eigenvalue weighted by molar-refractivity contribution is 6.30. The zero-order chi connectivity index (χ0) is 21.8. The van der Waals surface area contributed by atoms with Crippen molar-refractivity contribution in [2.75, 3.05) is 25.9 Å². The molecular weight excluding hydrogens is 412 g/mol. The Morgan fingerprint density at radius 2 is 1.94 bits per heavy atom. The van der Waals surface area contributed by atoms with Crippen LogP contribution >= 0.6 is 11.6 Å². The van der Waals surface area contributed by atoms with Crippen LogP contribution in [0.3, 0.4) is 0 Å². The second-order valence-electron chi connectivity index (χ2n) is 7.74. The largest absolute Gasteiger partial charge is 0.497 e. The summed E-state index contributed by atoms with van der Waals surface area (Å²) in [6, 6.07) is 15.2. The third-order valence-corrected chi connectivity index (χ3v) is 5.92. The second-order valence-corrected chi connectivity index (χ2v) is 8.17. The molecule has 2 aromatic carbocycles. The van der Waals surface area contributed by atoms with Crippen LogP contribution in [0.4, 0.5) is 5.95 Å². The summed E-state index contributed by atoms with van der Waals surface area (Å²) in [7, 11) is 1.63. The van der Waals surface area contributed by atoms with Gasteiger partial charge in [-0.1, -0.05) is 35.9 Å². The van der Waals surface area contributed by atoms with Gasteiger partial charge in [0.2, 0.25) is 11.9 Å². The van der Waals surface area contributed by atoms with Gasteiger partial charge in [0.1, 0.15) is 5.75 Å². The minimum Gasteiger partial charge on any atom is -0.497 e. The van der Waals surface area contributed by atoms with E-state index in [2.05, 4.69) is 9.97 Å². The number of halogens is 1. The van der Waals surface area contributed by atoms with Crippen LogP contribution in [-0.2, 0) is 11.2 Å². The van der Waals surface area contributed by atoms with Crippen molar-refractivity contribution in [3.8, 4) is 16.9 Å². The van der Waals surface area contributed by atoms with Gasteiger partial charge in [-0.2, -0.15) is 0 Å². The molecule has 1 aliphatic heterocycles. The Balaban J connectivity index is 1.53. The van der Waals surface area contributed by atoms with Crippen LogP contribution in [0, 0.1) is 0 Å². The van der Waals surface area contributed by atoms with Gasteiger partial charge in [-0.25, -0.2) is 9.97 Å². The molecule has 3 aromatic rings. The fraction of sp³-hybridized carbons (Fsp3) is 0.292. The van der Waals surface area contributed by atoms with Crippen LogP contribution in [0.2, 0.25) is 5.02 Å². The van der Waals surface area contributed by atoms with E-state index in [-0.39, 0.29) is 17.8 Å². The van der Waals surface area contributed by atoms with Crippen LogP contribution in [0.5, 0.6) is 5.75 Å². The van der Waals surface area contributed by atoms with Gasteiger partial charge in [-0.3, -0.25) is 4.79 Å². The van der Waals surface area contributed by atoms with Crippen LogP contribution in [0.15, 0.2) is 54.7 Å². The number of carbonyl (C=O) groups excluding carboxylic acids is 1. The highest BCUT2D eigenvalue weighted by Crippen LogP contribution is 2.34. The molecule has 7 heteroatoms. The third-order valence-electron chi connectivity index (χ3n) is 5.67. The van der Waals surface area contributed by atoms with Gasteiger partial charge >= 0.3 is 0 Å². The molecule has 1 fully saturated rings. The first kappa shape index (κ1) is 21.1. The number of methoxy groups -OCH3 is 1. The lowest BCUT2D eigenvalue weighted by atomic mass is 9.89. The lowest BCUT2D eigenvalue weighted by Crippen LogP contribution is -2.40. The number of piperidine rings is 1. The molecule has 0 radical (unpaired) electrons. The minimum atomic E-state index is 0.101. The average molecular weight is 437 g/mol. The molecule has 0 aliphatic carbocycles. The van der Waals surface area contributed by atoms with Crippen molar-refractivity contribution in [3.63, 3.8) is 0 Å². The summed E-state index contributed by atoms with van der Waals surface area (Å²) in [4.78, 5) is 23.7. The number of likely N-dealkylation sites (tertiary alicyclic amines) is 1. The summed E-state index contributed by atoms with van der Waals surface area (Å²) in [5.41, 5.74) is 9.70. The molecule has 1 saturated heterocycles. The van der Waals surface area contributed by atoms with E-state index in [1.807, 2.05) is 53.4 Å². The number of aromatic nitrogens is 2. The number of hydrogen-bond donors (Lipinski definition) is 1. The van der Waals surface area contributed by atoms with E-state index >= 15 is 0 Å². The SMILES string of the molecule is COc1ccc(CC(=O)N2CCCC(c3nc(N)ncc3-c3ccc(Cl)cc3)C2)cc1. The highest BCUT2D eigenvalue weighted by Gasteiger charge is 2.28. The summed E-state index contributed by atoms with van der Waals surface area (Å²) in [5, 5.41) is 0.676. The smallest absolute Gasteiger partial charge is 0.227 e. The molecule has 4 rings (SSSR count). The van der Waals surface area contributed by atoms with Crippen molar-refractivity contribution in [2.24, 2.45) is 0 Å². The Labute approximate surface area is 187 Å². The first-order valence-electron chi connectivity index (χ1n) is 10.3. The predicted octanol–water partition coefficient (Wildman–Crippen LogP) is 4.34. The monoisotopic (exact) mass is 436 g/mol. The summed E-state index contributed by atoms with van der Waals surface area (Å²) in [6.07, 6.45) is 4.00. The predicted molar refractivity (Wildman–Crippen MR) is 122 cm³/mol. The Hall–Kier alpha value is -3.12. The molecule has 1 aliphatic rings. The molecule has 1 aromatic heterocycles. The summed E-state index contributed by atoms with van der Waals surface area (Å²) in [6.45, 7) is 1.37. The molecule has 0 bridgehead atoms. The molecule has 160 valence electrons. The molecule has 2 heterocycles. The number of rotatable bonds is 5. The quantitative estimate of drug-likeness (QED) is 0.643. The van der Waals surface area contributed by atoms with Crippen molar-refractivity contribution in [1.82, 2.24) is 14.9 Å². The number of amides is 1. The van der Waals surface area contributed by atoms with E-state index in [4.69, 9.17) is 22.1 Å². The number of hydrogen-bond acceptors (Lipinski definition) is 5. The van der Waals surface area contributed by atoms with Crippen LogP contribution in [0.1, 0.15) is 30.0 Å². The standard InChI is InChI=1S/C24H25ClN4O2/c1-31-20-10-4-16(5-11-20)13-22(30)29-12-2-3-18(15-29)23-21(14-27-24(26)28-23)17-6-8-19(25)9-7-17/h4-11,14,18H,2-3,12-13,15H2,1H3,(H2,26,27,28). The number of nitrogens with zero attached hydrogens (tertiary/aromatic N) is 3. The lowest BCUT2D eigenvalue weighted by Gasteiger charge is -2.33. The highest BCUT2D eigenvalue weighted by atomic mass is 35.5. The topological polar surface area (TPSA) is 81.3 Å². The van der Waals surface area contributed by atoms with Gasteiger partial charge in [0, 0.05) is 35.8 Å². The van der Waals surface area contributed by atoms with Crippen molar-refractivity contribution < 1.29 is 9.53 Å². The maximum absolute atomic E-state index is 13.0. The lowest BCUT2D eigenvalue weighted by molar-refractivity contribution is -0.131. The number of ether oxygens (including phenoxy) is 1. The van der Waals surface area contributed by atoms with Crippen molar-refractivity contribution in [2.45, 2.75) is 25.2 Å². The Bertz CT molecular complexity index is 1050. The summed E-state index contributed by atoms with van der Waals surface area (Å²) in [5.74, 6) is 1.24. The molecule has 1 amide bonds. The Morgan fingerprint density at radius 3 is 2.65 bits per heavy atom. The first-order chi connectivity index (χ1) is 15.0. The number of carbonyl (C=O) groups is 1. The maximum Gasteiger partial charge on any atom is 0.227 e. The van der Waals surface area contributed by atoms with E-state index in [1.54, 1.807) is 13.3 Å². The zero-order valence-electron chi connectivity index (χ0n) is 17.4. The molecule has 1 unspecified atom stereocenters. The molecule has 0 spiro atoms. The van der Waals surface area contributed by atoms with E-state index in [1.165, 1.54) is 0 Å². The van der Waals surface area contributed by atoms with Crippen molar-refractivity contribution in [1.29, 1.82) is 0 Å². The first-order valence-corrected chi connectivity index (χ1v) is 10.7. The molecular formula is C24H25ClN4O2. The Morgan fingerprint density at radius 1 is 1.19 bits per heavy atom. The van der Waals surface area contributed by atoms with Gasteiger partial charge in [0.05, 0.1) is 19.2 Å². The summed E-state index contributed by atoms with van der Waals surface area (Å²) < 4.78 is 5.19.